The first-order valence-corrected chi connectivity index (χ1v) is 8.10. The maximum Gasteiger partial charge on any atom is 0.107 e. The lowest BCUT2D eigenvalue weighted by atomic mass is 9.70. The van der Waals surface area contributed by atoms with E-state index in [0.29, 0.717) is 30.1 Å². The number of ether oxygens (including phenoxy) is 1. The van der Waals surface area contributed by atoms with Crippen LogP contribution in [0, 0.1) is 16.7 Å². The second-order valence-corrected chi connectivity index (χ2v) is 7.79. The molecule has 2 bridgehead atoms. The van der Waals surface area contributed by atoms with Crippen LogP contribution in [0.15, 0.2) is 5.38 Å². The zero-order valence-corrected chi connectivity index (χ0v) is 12.9. The summed E-state index contributed by atoms with van der Waals surface area (Å²) in [4.78, 5) is 4.48. The predicted molar refractivity (Wildman–Crippen MR) is 77.8 cm³/mol. The lowest BCUT2D eigenvalue weighted by Crippen LogP contribution is -2.37. The molecule has 3 unspecified atom stereocenters. The van der Waals surface area contributed by atoms with Crippen molar-refractivity contribution in [2.24, 2.45) is 22.5 Å². The van der Waals surface area contributed by atoms with Gasteiger partial charge in [-0.05, 0) is 36.0 Å². The molecule has 0 aromatic carbocycles. The molecule has 0 saturated heterocycles. The molecule has 4 heteroatoms. The van der Waals surface area contributed by atoms with Crippen LogP contribution < -0.4 is 5.73 Å². The summed E-state index contributed by atoms with van der Waals surface area (Å²) < 4.78 is 6.22. The normalized spacial score (nSPS) is 36.0. The van der Waals surface area contributed by atoms with E-state index in [2.05, 4.69) is 31.1 Å². The van der Waals surface area contributed by atoms with Crippen molar-refractivity contribution in [1.82, 2.24) is 4.98 Å². The summed E-state index contributed by atoms with van der Waals surface area (Å²) in [5.41, 5.74) is 7.39. The number of nitrogens with zero attached hydrogens (tertiary/aromatic N) is 1. The summed E-state index contributed by atoms with van der Waals surface area (Å²) in [6.45, 7) is 8.42. The Kier molecular flexibility index (Phi) is 3.23. The molecule has 106 valence electrons. The van der Waals surface area contributed by atoms with Crippen molar-refractivity contribution in [3.63, 3.8) is 0 Å². The van der Waals surface area contributed by atoms with Crippen molar-refractivity contribution in [2.45, 2.75) is 59.3 Å². The Balaban J connectivity index is 1.66. The molecular weight excluding hydrogens is 256 g/mol. The molecule has 0 radical (unpaired) electrons. The fourth-order valence-corrected chi connectivity index (χ4v) is 4.74. The van der Waals surface area contributed by atoms with Gasteiger partial charge in [-0.1, -0.05) is 20.8 Å². The van der Waals surface area contributed by atoms with E-state index in [4.69, 9.17) is 10.5 Å². The third-order valence-corrected chi connectivity index (χ3v) is 6.84. The summed E-state index contributed by atoms with van der Waals surface area (Å²) in [6.07, 6.45) is 4.29. The Morgan fingerprint density at radius 2 is 2.26 bits per heavy atom. The van der Waals surface area contributed by atoms with E-state index in [1.165, 1.54) is 19.3 Å². The first-order valence-electron chi connectivity index (χ1n) is 7.22. The first-order chi connectivity index (χ1) is 8.97. The molecule has 2 aliphatic carbocycles. The van der Waals surface area contributed by atoms with Gasteiger partial charge in [-0.2, -0.15) is 0 Å². The highest BCUT2D eigenvalue weighted by atomic mass is 32.1. The van der Waals surface area contributed by atoms with Gasteiger partial charge in [-0.25, -0.2) is 4.98 Å². The lowest BCUT2D eigenvalue weighted by molar-refractivity contribution is -0.0559. The van der Waals surface area contributed by atoms with Gasteiger partial charge < -0.3 is 10.5 Å². The Morgan fingerprint density at radius 1 is 1.47 bits per heavy atom. The van der Waals surface area contributed by atoms with Crippen LogP contribution in [0.5, 0.6) is 0 Å². The molecule has 3 rings (SSSR count). The maximum absolute atomic E-state index is 6.22. The molecule has 2 aliphatic rings. The van der Waals surface area contributed by atoms with Gasteiger partial charge in [-0.15, -0.1) is 11.3 Å². The molecule has 1 heterocycles. The summed E-state index contributed by atoms with van der Waals surface area (Å²) in [5, 5.41) is 3.07. The van der Waals surface area contributed by atoms with Gasteiger partial charge in [-0.3, -0.25) is 0 Å². The average molecular weight is 280 g/mol. The van der Waals surface area contributed by atoms with Gasteiger partial charge in [0, 0.05) is 11.9 Å². The SMILES string of the molecule is CC1(C)C2CCC1(C)C(OCc1csc(CN)n1)C2. The van der Waals surface area contributed by atoms with E-state index in [0.717, 1.165) is 16.6 Å². The summed E-state index contributed by atoms with van der Waals surface area (Å²) in [6, 6.07) is 0. The van der Waals surface area contributed by atoms with Crippen molar-refractivity contribution in [3.05, 3.63) is 16.1 Å². The number of hydrogen-bond acceptors (Lipinski definition) is 4. The van der Waals surface area contributed by atoms with Crippen LogP contribution in [-0.2, 0) is 17.9 Å². The number of thiazole rings is 1. The lowest BCUT2D eigenvalue weighted by Gasteiger charge is -2.38. The number of hydrogen-bond donors (Lipinski definition) is 1. The second kappa shape index (κ2) is 4.54. The molecule has 2 saturated carbocycles. The van der Waals surface area contributed by atoms with E-state index in [9.17, 15) is 0 Å². The van der Waals surface area contributed by atoms with Crippen molar-refractivity contribution in [3.8, 4) is 0 Å². The zero-order chi connectivity index (χ0) is 13.7. The molecule has 0 aliphatic heterocycles. The first kappa shape index (κ1) is 13.5. The molecular formula is C15H24N2OS. The minimum absolute atomic E-state index is 0.338. The van der Waals surface area contributed by atoms with Crippen molar-refractivity contribution in [1.29, 1.82) is 0 Å². The quantitative estimate of drug-likeness (QED) is 0.920. The fraction of sp³-hybridized carbons (Fsp3) is 0.800. The second-order valence-electron chi connectivity index (χ2n) is 6.85. The number of nitrogens with two attached hydrogens (primary N) is 1. The molecule has 2 N–H and O–H groups in total. The highest BCUT2D eigenvalue weighted by molar-refractivity contribution is 7.09. The molecule has 0 spiro atoms. The van der Waals surface area contributed by atoms with Gasteiger partial charge in [0.1, 0.15) is 5.01 Å². The third-order valence-electron chi connectivity index (χ3n) is 5.92. The number of fused-ring (bicyclic) bond motifs is 2. The van der Waals surface area contributed by atoms with Crippen LogP contribution in [0.3, 0.4) is 0 Å². The van der Waals surface area contributed by atoms with Crippen LogP contribution in [0.4, 0.5) is 0 Å². The predicted octanol–water partition coefficient (Wildman–Crippen LogP) is 3.33. The minimum Gasteiger partial charge on any atom is -0.371 e. The standard InChI is InChI=1S/C15H24N2OS/c1-14(2)10-4-5-15(14,3)12(6-10)18-8-11-9-19-13(7-16)17-11/h9-10,12H,4-8,16H2,1-3H3. The van der Waals surface area contributed by atoms with Gasteiger partial charge in [0.15, 0.2) is 0 Å². The maximum atomic E-state index is 6.22. The fourth-order valence-electron chi connectivity index (χ4n) is 4.08. The van der Waals surface area contributed by atoms with Gasteiger partial charge in [0.2, 0.25) is 0 Å². The molecule has 0 amide bonds. The molecule has 2 fully saturated rings. The van der Waals surface area contributed by atoms with E-state index < -0.39 is 0 Å². The number of rotatable bonds is 4. The molecule has 3 atom stereocenters. The van der Waals surface area contributed by atoms with E-state index in [-0.39, 0.29) is 0 Å². The van der Waals surface area contributed by atoms with E-state index >= 15 is 0 Å². The Bertz CT molecular complexity index is 470. The Labute approximate surface area is 119 Å². The Morgan fingerprint density at radius 3 is 2.79 bits per heavy atom. The van der Waals surface area contributed by atoms with Crippen LogP contribution in [-0.4, -0.2) is 11.1 Å². The topological polar surface area (TPSA) is 48.1 Å². The highest BCUT2D eigenvalue weighted by Crippen LogP contribution is 2.66. The average Bonchev–Trinajstić information content (AvgIpc) is 2.97. The zero-order valence-electron chi connectivity index (χ0n) is 12.1. The van der Waals surface area contributed by atoms with Crippen molar-refractivity contribution in [2.75, 3.05) is 0 Å². The molecule has 1 aromatic heterocycles. The van der Waals surface area contributed by atoms with Gasteiger partial charge in [0.25, 0.3) is 0 Å². The smallest absolute Gasteiger partial charge is 0.107 e. The molecule has 1 aromatic rings. The van der Waals surface area contributed by atoms with Crippen molar-refractivity contribution < 1.29 is 4.74 Å². The van der Waals surface area contributed by atoms with Crippen LogP contribution in [0.1, 0.15) is 50.7 Å². The Hall–Kier alpha value is -0.450. The van der Waals surface area contributed by atoms with E-state index in [1.807, 2.05) is 0 Å². The van der Waals surface area contributed by atoms with Crippen LogP contribution >= 0.6 is 11.3 Å². The van der Waals surface area contributed by atoms with Crippen LogP contribution in [0.2, 0.25) is 0 Å². The largest absolute Gasteiger partial charge is 0.371 e. The van der Waals surface area contributed by atoms with E-state index in [1.54, 1.807) is 11.3 Å². The summed E-state index contributed by atoms with van der Waals surface area (Å²) in [7, 11) is 0. The summed E-state index contributed by atoms with van der Waals surface area (Å²) in [5.74, 6) is 0.831. The van der Waals surface area contributed by atoms with Gasteiger partial charge >= 0.3 is 0 Å². The third kappa shape index (κ3) is 1.96. The van der Waals surface area contributed by atoms with Gasteiger partial charge in [0.05, 0.1) is 18.4 Å². The number of aromatic nitrogens is 1. The van der Waals surface area contributed by atoms with Crippen LogP contribution in [0.25, 0.3) is 0 Å². The van der Waals surface area contributed by atoms with Crippen molar-refractivity contribution >= 4 is 11.3 Å². The monoisotopic (exact) mass is 280 g/mol. The molecule has 19 heavy (non-hydrogen) atoms. The molecule has 3 nitrogen and oxygen atoms in total. The highest BCUT2D eigenvalue weighted by Gasteiger charge is 2.61. The summed E-state index contributed by atoms with van der Waals surface area (Å²) >= 11 is 1.63. The minimum atomic E-state index is 0.338.